The second kappa shape index (κ2) is 3.56. The quantitative estimate of drug-likeness (QED) is 0.831. The van der Waals surface area contributed by atoms with Gasteiger partial charge in [0.1, 0.15) is 11.3 Å². The first kappa shape index (κ1) is 9.78. The Morgan fingerprint density at radius 3 is 2.81 bits per heavy atom. The van der Waals surface area contributed by atoms with E-state index >= 15 is 0 Å². The van der Waals surface area contributed by atoms with Gasteiger partial charge in [0, 0.05) is 19.5 Å². The first-order valence-electron chi connectivity index (χ1n) is 5.82. The molecular weight excluding hydrogens is 200 g/mol. The molecule has 1 aliphatic rings. The summed E-state index contributed by atoms with van der Waals surface area (Å²) < 4.78 is 2.12. The second-order valence-corrected chi connectivity index (χ2v) is 4.51. The van der Waals surface area contributed by atoms with Gasteiger partial charge < -0.3 is 10.3 Å². The van der Waals surface area contributed by atoms with E-state index in [0.29, 0.717) is 12.5 Å². The van der Waals surface area contributed by atoms with Crippen molar-refractivity contribution in [3.8, 4) is 0 Å². The van der Waals surface area contributed by atoms with Gasteiger partial charge in [0.25, 0.3) is 0 Å². The summed E-state index contributed by atoms with van der Waals surface area (Å²) in [5, 5.41) is 0. The molecule has 2 N–H and O–H groups in total. The summed E-state index contributed by atoms with van der Waals surface area (Å²) in [5.74, 6) is 1.82. The van der Waals surface area contributed by atoms with Crippen LogP contribution in [0.25, 0.3) is 11.2 Å². The van der Waals surface area contributed by atoms with Crippen molar-refractivity contribution in [2.24, 2.45) is 12.8 Å². The van der Waals surface area contributed by atoms with Gasteiger partial charge in [0.15, 0.2) is 5.65 Å². The van der Waals surface area contributed by atoms with Crippen LogP contribution in [0, 0.1) is 0 Å². The van der Waals surface area contributed by atoms with Crippen LogP contribution in [0.1, 0.15) is 36.7 Å². The molecular formula is C12H16N4. The number of hydrogen-bond acceptors (Lipinski definition) is 3. The summed E-state index contributed by atoms with van der Waals surface area (Å²) in [6.07, 6.45) is 3.86. The summed E-state index contributed by atoms with van der Waals surface area (Å²) in [6, 6.07) is 3.98. The number of nitrogens with two attached hydrogens (primary N) is 1. The Morgan fingerprint density at radius 2 is 2.19 bits per heavy atom. The lowest BCUT2D eigenvalue weighted by Gasteiger charge is -2.24. The van der Waals surface area contributed by atoms with Crippen molar-refractivity contribution >= 4 is 11.2 Å². The SMILES string of the molecule is Cn1c(C2CCC2)nc2ccc(CN)nc21. The van der Waals surface area contributed by atoms with E-state index in [1.54, 1.807) is 0 Å². The monoisotopic (exact) mass is 216 g/mol. The Morgan fingerprint density at radius 1 is 1.38 bits per heavy atom. The zero-order chi connectivity index (χ0) is 11.1. The third kappa shape index (κ3) is 1.33. The molecule has 2 heterocycles. The Kier molecular flexibility index (Phi) is 2.17. The number of rotatable bonds is 2. The van der Waals surface area contributed by atoms with Crippen LogP contribution in [-0.4, -0.2) is 14.5 Å². The molecule has 0 radical (unpaired) electrons. The van der Waals surface area contributed by atoms with Gasteiger partial charge in [-0.05, 0) is 25.0 Å². The van der Waals surface area contributed by atoms with Gasteiger partial charge in [-0.25, -0.2) is 9.97 Å². The van der Waals surface area contributed by atoms with E-state index in [1.165, 1.54) is 25.1 Å². The van der Waals surface area contributed by atoms with Gasteiger partial charge in [-0.2, -0.15) is 0 Å². The number of pyridine rings is 1. The fraction of sp³-hybridized carbons (Fsp3) is 0.500. The summed E-state index contributed by atoms with van der Waals surface area (Å²) in [4.78, 5) is 9.20. The van der Waals surface area contributed by atoms with Crippen LogP contribution in [0.3, 0.4) is 0 Å². The van der Waals surface area contributed by atoms with E-state index in [4.69, 9.17) is 5.73 Å². The lowest BCUT2D eigenvalue weighted by atomic mass is 9.85. The van der Waals surface area contributed by atoms with Gasteiger partial charge in [-0.1, -0.05) is 6.42 Å². The molecule has 1 fully saturated rings. The average Bonchev–Trinajstić information content (AvgIpc) is 2.54. The largest absolute Gasteiger partial charge is 0.325 e. The van der Waals surface area contributed by atoms with Crippen LogP contribution in [0.15, 0.2) is 12.1 Å². The zero-order valence-electron chi connectivity index (χ0n) is 9.48. The van der Waals surface area contributed by atoms with E-state index < -0.39 is 0 Å². The van der Waals surface area contributed by atoms with E-state index in [9.17, 15) is 0 Å². The minimum atomic E-state index is 0.486. The number of aryl methyl sites for hydroxylation is 1. The van der Waals surface area contributed by atoms with E-state index in [1.807, 2.05) is 12.1 Å². The average molecular weight is 216 g/mol. The predicted molar refractivity (Wildman–Crippen MR) is 63.0 cm³/mol. The molecule has 0 unspecified atom stereocenters. The van der Waals surface area contributed by atoms with Crippen LogP contribution in [0.4, 0.5) is 0 Å². The minimum Gasteiger partial charge on any atom is -0.325 e. The fourth-order valence-corrected chi connectivity index (χ4v) is 2.27. The lowest BCUT2D eigenvalue weighted by Crippen LogP contribution is -2.13. The lowest BCUT2D eigenvalue weighted by molar-refractivity contribution is 0.394. The number of hydrogen-bond donors (Lipinski definition) is 1. The third-order valence-electron chi connectivity index (χ3n) is 3.49. The van der Waals surface area contributed by atoms with E-state index in [2.05, 4.69) is 21.6 Å². The van der Waals surface area contributed by atoms with Crippen molar-refractivity contribution in [2.45, 2.75) is 31.7 Å². The van der Waals surface area contributed by atoms with Crippen molar-refractivity contribution in [1.29, 1.82) is 0 Å². The van der Waals surface area contributed by atoms with Crippen molar-refractivity contribution in [1.82, 2.24) is 14.5 Å². The highest BCUT2D eigenvalue weighted by Crippen LogP contribution is 2.36. The zero-order valence-corrected chi connectivity index (χ0v) is 9.48. The fourth-order valence-electron chi connectivity index (χ4n) is 2.27. The normalized spacial score (nSPS) is 16.6. The third-order valence-corrected chi connectivity index (χ3v) is 3.49. The molecule has 0 aromatic carbocycles. The molecule has 84 valence electrons. The Balaban J connectivity index is 2.14. The maximum absolute atomic E-state index is 5.60. The van der Waals surface area contributed by atoms with Crippen LogP contribution < -0.4 is 5.73 Å². The summed E-state index contributed by atoms with van der Waals surface area (Å²) in [6.45, 7) is 0.486. The molecule has 1 aliphatic carbocycles. The summed E-state index contributed by atoms with van der Waals surface area (Å²) >= 11 is 0. The summed E-state index contributed by atoms with van der Waals surface area (Å²) in [7, 11) is 2.05. The van der Waals surface area contributed by atoms with Crippen molar-refractivity contribution in [2.75, 3.05) is 0 Å². The van der Waals surface area contributed by atoms with Crippen molar-refractivity contribution in [3.63, 3.8) is 0 Å². The van der Waals surface area contributed by atoms with Crippen LogP contribution >= 0.6 is 0 Å². The standard InChI is InChI=1S/C12H16N4/c1-16-11(8-3-2-4-8)15-10-6-5-9(7-13)14-12(10)16/h5-6,8H,2-4,7,13H2,1H3. The van der Waals surface area contributed by atoms with Crippen LogP contribution in [-0.2, 0) is 13.6 Å². The van der Waals surface area contributed by atoms with Gasteiger partial charge in [0.05, 0.1) is 5.69 Å². The predicted octanol–water partition coefficient (Wildman–Crippen LogP) is 1.69. The highest BCUT2D eigenvalue weighted by atomic mass is 15.1. The molecule has 16 heavy (non-hydrogen) atoms. The topological polar surface area (TPSA) is 56.7 Å². The van der Waals surface area contributed by atoms with Gasteiger partial charge in [0.2, 0.25) is 0 Å². The maximum atomic E-state index is 5.60. The molecule has 2 aromatic heterocycles. The maximum Gasteiger partial charge on any atom is 0.160 e. The van der Waals surface area contributed by atoms with Crippen molar-refractivity contribution < 1.29 is 0 Å². The Bertz CT molecular complexity index is 525. The highest BCUT2D eigenvalue weighted by molar-refractivity contribution is 5.71. The van der Waals surface area contributed by atoms with E-state index in [0.717, 1.165) is 16.9 Å². The van der Waals surface area contributed by atoms with Gasteiger partial charge in [-0.3, -0.25) is 0 Å². The highest BCUT2D eigenvalue weighted by Gasteiger charge is 2.24. The molecule has 2 aromatic rings. The number of imidazole rings is 1. The first-order valence-corrected chi connectivity index (χ1v) is 5.82. The number of fused-ring (bicyclic) bond motifs is 1. The van der Waals surface area contributed by atoms with Crippen molar-refractivity contribution in [3.05, 3.63) is 23.7 Å². The van der Waals surface area contributed by atoms with Crippen LogP contribution in [0.2, 0.25) is 0 Å². The first-order chi connectivity index (χ1) is 7.79. The molecule has 0 saturated heterocycles. The molecule has 3 rings (SSSR count). The molecule has 0 atom stereocenters. The Hall–Kier alpha value is -1.42. The Labute approximate surface area is 94.5 Å². The van der Waals surface area contributed by atoms with Crippen LogP contribution in [0.5, 0.6) is 0 Å². The molecule has 4 heteroatoms. The number of aromatic nitrogens is 3. The molecule has 0 amide bonds. The van der Waals surface area contributed by atoms with E-state index in [-0.39, 0.29) is 0 Å². The summed E-state index contributed by atoms with van der Waals surface area (Å²) in [5.41, 5.74) is 8.48. The molecule has 0 bridgehead atoms. The smallest absolute Gasteiger partial charge is 0.160 e. The number of nitrogens with zero attached hydrogens (tertiary/aromatic N) is 3. The minimum absolute atomic E-state index is 0.486. The molecule has 0 aliphatic heterocycles. The second-order valence-electron chi connectivity index (χ2n) is 4.51. The molecule has 4 nitrogen and oxygen atoms in total. The molecule has 0 spiro atoms. The molecule has 1 saturated carbocycles. The van der Waals surface area contributed by atoms with Gasteiger partial charge in [-0.15, -0.1) is 0 Å². The van der Waals surface area contributed by atoms with Gasteiger partial charge >= 0.3 is 0 Å².